The van der Waals surface area contributed by atoms with E-state index in [0.717, 1.165) is 6.07 Å². The van der Waals surface area contributed by atoms with Crippen LogP contribution in [0.1, 0.15) is 5.56 Å². The van der Waals surface area contributed by atoms with Gasteiger partial charge in [0, 0.05) is 5.56 Å². The van der Waals surface area contributed by atoms with E-state index in [9.17, 15) is 17.6 Å². The smallest absolute Gasteiger partial charge is 0.236 e. The van der Waals surface area contributed by atoms with Crippen LogP contribution in [0.4, 0.5) is 17.6 Å². The molecule has 0 bridgehead atoms. The summed E-state index contributed by atoms with van der Waals surface area (Å²) in [6.45, 7) is 0. The van der Waals surface area contributed by atoms with Gasteiger partial charge in [-0.15, -0.1) is 0 Å². The first-order valence-corrected chi connectivity index (χ1v) is 5.52. The Morgan fingerprint density at radius 3 is 2.33 bits per heavy atom. The van der Waals surface area contributed by atoms with Gasteiger partial charge in [-0.25, -0.2) is 14.4 Å². The Bertz CT molecular complexity index is 583. The Hall–Kier alpha value is -1.50. The average molecular weight is 321 g/mol. The fraction of sp³-hybridized carbons (Fsp3) is 0.0909. The van der Waals surface area contributed by atoms with E-state index >= 15 is 0 Å². The molecule has 18 heavy (non-hydrogen) atoms. The zero-order chi connectivity index (χ0) is 13.3. The zero-order valence-electron chi connectivity index (χ0n) is 8.67. The minimum absolute atomic E-state index is 0.253. The van der Waals surface area contributed by atoms with Crippen molar-refractivity contribution in [1.82, 2.24) is 9.97 Å². The molecule has 0 aliphatic heterocycles. The fourth-order valence-corrected chi connectivity index (χ4v) is 1.70. The van der Waals surface area contributed by atoms with Gasteiger partial charge in [0.05, 0.1) is 11.3 Å². The average Bonchev–Trinajstić information content (AvgIpc) is 2.27. The number of nitrogens with zero attached hydrogens (tertiary/aromatic N) is 2. The summed E-state index contributed by atoms with van der Waals surface area (Å²) in [5.74, 6) is -1.32. The third-order valence-corrected chi connectivity index (χ3v) is 2.64. The third-order valence-electron chi connectivity index (χ3n) is 2.20. The van der Waals surface area contributed by atoms with Crippen LogP contribution in [0.25, 0.3) is 11.3 Å². The van der Waals surface area contributed by atoms with Crippen molar-refractivity contribution >= 4 is 15.9 Å². The summed E-state index contributed by atoms with van der Waals surface area (Å²) >= 11 is 3.10. The molecule has 0 unspecified atom stereocenters. The third kappa shape index (κ3) is 2.66. The number of benzene rings is 1. The number of halogens is 5. The molecule has 1 aromatic heterocycles. The Morgan fingerprint density at radius 1 is 1.06 bits per heavy atom. The van der Waals surface area contributed by atoms with E-state index in [1.54, 1.807) is 0 Å². The van der Waals surface area contributed by atoms with E-state index in [2.05, 4.69) is 25.9 Å². The van der Waals surface area contributed by atoms with E-state index in [0.29, 0.717) is 16.4 Å². The van der Waals surface area contributed by atoms with Crippen LogP contribution >= 0.6 is 15.9 Å². The molecule has 1 heterocycles. The van der Waals surface area contributed by atoms with Gasteiger partial charge in [0.25, 0.3) is 0 Å². The number of hydrogen-bond acceptors (Lipinski definition) is 2. The van der Waals surface area contributed by atoms with Gasteiger partial charge in [0.1, 0.15) is 16.7 Å². The van der Waals surface area contributed by atoms with Crippen LogP contribution in [0, 0.1) is 5.82 Å². The van der Waals surface area contributed by atoms with Crippen molar-refractivity contribution in [3.8, 4) is 11.3 Å². The summed E-state index contributed by atoms with van der Waals surface area (Å²) in [6.07, 6.45) is -3.47. The largest absolute Gasteiger partial charge is 0.419 e. The highest BCUT2D eigenvalue weighted by molar-refractivity contribution is 9.10. The summed E-state index contributed by atoms with van der Waals surface area (Å²) in [6, 6.07) is 4.15. The number of aromatic nitrogens is 2. The maximum absolute atomic E-state index is 13.4. The van der Waals surface area contributed by atoms with E-state index < -0.39 is 17.6 Å². The second-order valence-electron chi connectivity index (χ2n) is 3.42. The predicted octanol–water partition coefficient (Wildman–Crippen LogP) is 4.06. The van der Waals surface area contributed by atoms with Gasteiger partial charge < -0.3 is 0 Å². The van der Waals surface area contributed by atoms with E-state index in [-0.39, 0.29) is 5.56 Å². The Kier molecular flexibility index (Phi) is 3.34. The molecule has 1 aromatic carbocycles. The minimum atomic E-state index is -4.70. The van der Waals surface area contributed by atoms with Crippen LogP contribution < -0.4 is 0 Å². The van der Waals surface area contributed by atoms with Gasteiger partial charge in [-0.2, -0.15) is 13.2 Å². The van der Waals surface area contributed by atoms with Crippen LogP contribution in [0.3, 0.4) is 0 Å². The molecule has 0 aliphatic carbocycles. The lowest BCUT2D eigenvalue weighted by molar-refractivity contribution is -0.139. The van der Waals surface area contributed by atoms with Gasteiger partial charge in [-0.3, -0.25) is 0 Å². The molecule has 94 valence electrons. The quantitative estimate of drug-likeness (QED) is 0.585. The number of alkyl halides is 3. The van der Waals surface area contributed by atoms with Crippen molar-refractivity contribution in [1.29, 1.82) is 0 Å². The van der Waals surface area contributed by atoms with Crippen molar-refractivity contribution in [2.45, 2.75) is 6.18 Å². The molecule has 0 N–H and O–H groups in total. The number of hydrogen-bond donors (Lipinski definition) is 0. The molecule has 2 nitrogen and oxygen atoms in total. The highest BCUT2D eigenvalue weighted by atomic mass is 79.9. The summed E-state index contributed by atoms with van der Waals surface area (Å²) in [7, 11) is 0. The lowest BCUT2D eigenvalue weighted by atomic mass is 10.1. The molecule has 0 spiro atoms. The van der Waals surface area contributed by atoms with Gasteiger partial charge in [0.15, 0.2) is 0 Å². The van der Waals surface area contributed by atoms with Gasteiger partial charge in [-0.05, 0) is 34.1 Å². The zero-order valence-corrected chi connectivity index (χ0v) is 10.3. The molecule has 0 radical (unpaired) electrons. The summed E-state index contributed by atoms with van der Waals surface area (Å²) in [5.41, 5.74) is -0.701. The summed E-state index contributed by atoms with van der Waals surface area (Å²) < 4.78 is 50.9. The van der Waals surface area contributed by atoms with Crippen LogP contribution in [-0.4, -0.2) is 9.97 Å². The van der Waals surface area contributed by atoms with Crippen LogP contribution in [0.15, 0.2) is 35.2 Å². The second kappa shape index (κ2) is 4.64. The Labute approximate surface area is 108 Å². The topological polar surface area (TPSA) is 25.8 Å². The molecular weight excluding hydrogens is 316 g/mol. The molecule has 2 rings (SSSR count). The standard InChI is InChI=1S/C11H5BrF4N2/c12-10-4-9(17-5-18-10)6-1-2-7(8(13)3-6)11(14,15)16/h1-5H. The van der Waals surface area contributed by atoms with Gasteiger partial charge in [-0.1, -0.05) is 6.07 Å². The molecule has 0 aliphatic rings. The van der Waals surface area contributed by atoms with Gasteiger partial charge in [0.2, 0.25) is 0 Å². The molecule has 0 saturated carbocycles. The highest BCUT2D eigenvalue weighted by Crippen LogP contribution is 2.33. The predicted molar refractivity (Wildman–Crippen MR) is 60.1 cm³/mol. The van der Waals surface area contributed by atoms with Crippen molar-refractivity contribution in [2.24, 2.45) is 0 Å². The minimum Gasteiger partial charge on any atom is -0.236 e. The maximum Gasteiger partial charge on any atom is 0.419 e. The first-order chi connectivity index (χ1) is 8.38. The number of rotatable bonds is 1. The molecular formula is C11H5BrF4N2. The molecule has 0 amide bonds. The van der Waals surface area contributed by atoms with Crippen LogP contribution in [-0.2, 0) is 6.18 Å². The molecule has 0 atom stereocenters. The molecule has 0 fully saturated rings. The monoisotopic (exact) mass is 320 g/mol. The van der Waals surface area contributed by atoms with Gasteiger partial charge >= 0.3 is 6.18 Å². The lowest BCUT2D eigenvalue weighted by Crippen LogP contribution is -2.07. The SMILES string of the molecule is Fc1cc(-c2cc(Br)ncn2)ccc1C(F)(F)F. The van der Waals surface area contributed by atoms with E-state index in [4.69, 9.17) is 0 Å². The Morgan fingerprint density at radius 2 is 1.78 bits per heavy atom. The highest BCUT2D eigenvalue weighted by Gasteiger charge is 2.33. The van der Waals surface area contributed by atoms with Crippen LogP contribution in [0.5, 0.6) is 0 Å². The second-order valence-corrected chi connectivity index (χ2v) is 4.23. The van der Waals surface area contributed by atoms with E-state index in [1.165, 1.54) is 18.5 Å². The van der Waals surface area contributed by atoms with Crippen molar-refractivity contribution < 1.29 is 17.6 Å². The van der Waals surface area contributed by atoms with Crippen LogP contribution in [0.2, 0.25) is 0 Å². The summed E-state index contributed by atoms with van der Waals surface area (Å²) in [5, 5.41) is 0. The fourth-order valence-electron chi connectivity index (χ4n) is 1.40. The lowest BCUT2D eigenvalue weighted by Gasteiger charge is -2.09. The normalized spacial score (nSPS) is 11.6. The van der Waals surface area contributed by atoms with E-state index in [1.807, 2.05) is 0 Å². The van der Waals surface area contributed by atoms with Crippen molar-refractivity contribution in [3.63, 3.8) is 0 Å². The Balaban J connectivity index is 2.47. The van der Waals surface area contributed by atoms with Crippen molar-refractivity contribution in [3.05, 3.63) is 46.6 Å². The summed E-state index contributed by atoms with van der Waals surface area (Å²) in [4.78, 5) is 7.63. The molecule has 2 aromatic rings. The first kappa shape index (κ1) is 12.9. The maximum atomic E-state index is 13.4. The molecule has 7 heteroatoms. The first-order valence-electron chi connectivity index (χ1n) is 4.72. The molecule has 0 saturated heterocycles. The van der Waals surface area contributed by atoms with Crippen molar-refractivity contribution in [2.75, 3.05) is 0 Å².